The van der Waals surface area contributed by atoms with Gasteiger partial charge in [0.05, 0.1) is 11.5 Å². The predicted octanol–water partition coefficient (Wildman–Crippen LogP) is 5.29. The molecule has 0 bridgehead atoms. The quantitative estimate of drug-likeness (QED) is 0.114. The second-order valence-corrected chi connectivity index (χ2v) is 13.0. The molecule has 47 heavy (non-hydrogen) atoms. The number of carbonyl (C=O) groups is 2. The molecule has 0 unspecified atom stereocenters. The molecule has 1 aliphatic rings. The number of nitrogens with two attached hydrogens (primary N) is 1. The zero-order valence-electron chi connectivity index (χ0n) is 27.6. The van der Waals surface area contributed by atoms with E-state index in [1.165, 1.54) is 6.20 Å². The third-order valence-corrected chi connectivity index (χ3v) is 8.17. The van der Waals surface area contributed by atoms with Gasteiger partial charge in [-0.2, -0.15) is 4.98 Å². The number of hydrogen-bond donors (Lipinski definition) is 5. The van der Waals surface area contributed by atoms with Crippen molar-refractivity contribution in [2.75, 3.05) is 30.3 Å². The molecule has 0 spiro atoms. The number of hydrogen-bond acceptors (Lipinski definition) is 10. The molecule has 0 saturated heterocycles. The summed E-state index contributed by atoms with van der Waals surface area (Å²) in [6.07, 6.45) is 4.63. The topological polar surface area (TPSA) is 186 Å². The third-order valence-electron chi connectivity index (χ3n) is 8.17. The van der Waals surface area contributed by atoms with Crippen LogP contribution in [-0.4, -0.2) is 52.1 Å². The Labute approximate surface area is 275 Å². The Bertz CT molecular complexity index is 1550. The van der Waals surface area contributed by atoms with Crippen molar-refractivity contribution in [3.8, 4) is 11.1 Å². The lowest BCUT2D eigenvalue weighted by molar-refractivity contribution is -0.384. The molecule has 0 atom stereocenters. The van der Waals surface area contributed by atoms with E-state index in [9.17, 15) is 19.7 Å². The number of rotatable bonds is 14. The first-order valence-corrected chi connectivity index (χ1v) is 16.0. The van der Waals surface area contributed by atoms with Crippen LogP contribution in [0.25, 0.3) is 11.1 Å². The van der Waals surface area contributed by atoms with E-state index in [-0.39, 0.29) is 18.1 Å². The Balaban J connectivity index is 1.33. The maximum atomic E-state index is 12.0. The minimum atomic E-state index is -0.530. The molecule has 1 heterocycles. The molecule has 2 aromatic carbocycles. The summed E-state index contributed by atoms with van der Waals surface area (Å²) in [5.74, 6) is 0.790. The van der Waals surface area contributed by atoms with Gasteiger partial charge in [0.25, 0.3) is 0 Å². The lowest BCUT2D eigenvalue weighted by Crippen LogP contribution is -2.36. The number of alkyl carbamates (subject to hydrolysis) is 1. The molecule has 6 N–H and O–H groups in total. The van der Waals surface area contributed by atoms with E-state index in [4.69, 9.17) is 10.5 Å². The SMILES string of the molecule is Cc1c(CNc2ncc([N+](=O)[O-])c(NC[C@H]3CC[C@H](CNC(=O)OC(C)(C)C)CC3)n2)cccc1-c1cccc(CNCC(N)=O)c1. The van der Waals surface area contributed by atoms with Gasteiger partial charge in [0, 0.05) is 26.2 Å². The van der Waals surface area contributed by atoms with E-state index in [1.807, 2.05) is 51.1 Å². The highest BCUT2D eigenvalue weighted by Crippen LogP contribution is 2.31. The van der Waals surface area contributed by atoms with Gasteiger partial charge in [-0.3, -0.25) is 14.9 Å². The number of anilines is 2. The van der Waals surface area contributed by atoms with Gasteiger partial charge in [0.2, 0.25) is 17.7 Å². The van der Waals surface area contributed by atoms with Crippen molar-refractivity contribution < 1.29 is 19.2 Å². The van der Waals surface area contributed by atoms with Crippen LogP contribution >= 0.6 is 0 Å². The number of nitrogens with zero attached hydrogens (tertiary/aromatic N) is 3. The van der Waals surface area contributed by atoms with Crippen LogP contribution in [0.4, 0.5) is 22.2 Å². The van der Waals surface area contributed by atoms with Crippen LogP contribution in [0.3, 0.4) is 0 Å². The Morgan fingerprint density at radius 3 is 2.40 bits per heavy atom. The summed E-state index contributed by atoms with van der Waals surface area (Å²) in [5, 5.41) is 24.1. The zero-order chi connectivity index (χ0) is 34.0. The number of ether oxygens (including phenoxy) is 1. The van der Waals surface area contributed by atoms with E-state index < -0.39 is 22.5 Å². The van der Waals surface area contributed by atoms with Crippen molar-refractivity contribution in [2.45, 2.75) is 72.1 Å². The van der Waals surface area contributed by atoms with Gasteiger partial charge < -0.3 is 31.7 Å². The molecule has 1 aliphatic carbocycles. The molecule has 0 aliphatic heterocycles. The van der Waals surface area contributed by atoms with Gasteiger partial charge >= 0.3 is 11.8 Å². The highest BCUT2D eigenvalue weighted by Gasteiger charge is 2.24. The fourth-order valence-electron chi connectivity index (χ4n) is 5.69. The first-order valence-electron chi connectivity index (χ1n) is 16.0. The summed E-state index contributed by atoms with van der Waals surface area (Å²) < 4.78 is 5.32. The molecule has 1 aromatic heterocycles. The van der Waals surface area contributed by atoms with Gasteiger partial charge in [-0.05, 0) is 99.1 Å². The second-order valence-electron chi connectivity index (χ2n) is 13.0. The number of carbonyl (C=O) groups excluding carboxylic acids is 2. The molecule has 252 valence electrons. The monoisotopic (exact) mass is 646 g/mol. The minimum absolute atomic E-state index is 0.115. The summed E-state index contributed by atoms with van der Waals surface area (Å²) in [5.41, 5.74) is 9.81. The first-order chi connectivity index (χ1) is 22.4. The lowest BCUT2D eigenvalue weighted by atomic mass is 9.82. The second kappa shape index (κ2) is 16.2. The fraction of sp³-hybridized carbons (Fsp3) is 0.471. The van der Waals surface area contributed by atoms with E-state index in [0.29, 0.717) is 44.0 Å². The zero-order valence-corrected chi connectivity index (χ0v) is 27.6. The number of primary amides is 1. The van der Waals surface area contributed by atoms with Gasteiger partial charge in [-0.1, -0.05) is 36.4 Å². The van der Waals surface area contributed by atoms with Crippen LogP contribution in [0.1, 0.15) is 63.1 Å². The molecular formula is C34H46N8O5. The van der Waals surface area contributed by atoms with E-state index in [1.54, 1.807) is 0 Å². The van der Waals surface area contributed by atoms with Crippen molar-refractivity contribution in [2.24, 2.45) is 17.6 Å². The van der Waals surface area contributed by atoms with Crippen molar-refractivity contribution in [1.82, 2.24) is 20.6 Å². The van der Waals surface area contributed by atoms with Crippen LogP contribution < -0.4 is 27.0 Å². The smallest absolute Gasteiger partial charge is 0.407 e. The molecule has 13 heteroatoms. The average molecular weight is 647 g/mol. The average Bonchev–Trinajstić information content (AvgIpc) is 3.02. The largest absolute Gasteiger partial charge is 0.444 e. The van der Waals surface area contributed by atoms with E-state index >= 15 is 0 Å². The van der Waals surface area contributed by atoms with Gasteiger partial charge in [-0.15, -0.1) is 0 Å². The Morgan fingerprint density at radius 1 is 1.02 bits per heavy atom. The highest BCUT2D eigenvalue weighted by atomic mass is 16.6. The lowest BCUT2D eigenvalue weighted by Gasteiger charge is -2.29. The maximum absolute atomic E-state index is 12.0. The Hall–Kier alpha value is -4.78. The van der Waals surface area contributed by atoms with Crippen molar-refractivity contribution in [3.63, 3.8) is 0 Å². The summed E-state index contributed by atoms with van der Waals surface area (Å²) >= 11 is 0. The molecule has 4 rings (SSSR count). The fourth-order valence-corrected chi connectivity index (χ4v) is 5.69. The van der Waals surface area contributed by atoms with Crippen LogP contribution in [-0.2, 0) is 22.6 Å². The van der Waals surface area contributed by atoms with Crippen LogP contribution in [0.5, 0.6) is 0 Å². The van der Waals surface area contributed by atoms with E-state index in [0.717, 1.165) is 53.5 Å². The summed E-state index contributed by atoms with van der Waals surface area (Å²) in [7, 11) is 0. The summed E-state index contributed by atoms with van der Waals surface area (Å²) in [6, 6.07) is 14.2. The molecule has 1 saturated carbocycles. The van der Waals surface area contributed by atoms with Crippen LogP contribution in [0, 0.1) is 28.9 Å². The van der Waals surface area contributed by atoms with Crippen molar-refractivity contribution in [1.29, 1.82) is 0 Å². The Morgan fingerprint density at radius 2 is 1.72 bits per heavy atom. The third kappa shape index (κ3) is 10.9. The van der Waals surface area contributed by atoms with Gasteiger partial charge in [0.1, 0.15) is 11.8 Å². The maximum Gasteiger partial charge on any atom is 0.407 e. The van der Waals surface area contributed by atoms with Crippen LogP contribution in [0.15, 0.2) is 48.7 Å². The van der Waals surface area contributed by atoms with Gasteiger partial charge in [0.15, 0.2) is 0 Å². The summed E-state index contributed by atoms with van der Waals surface area (Å²) in [4.78, 5) is 43.0. The van der Waals surface area contributed by atoms with E-state index in [2.05, 4.69) is 50.3 Å². The summed E-state index contributed by atoms with van der Waals surface area (Å²) in [6.45, 7) is 9.77. The highest BCUT2D eigenvalue weighted by molar-refractivity contribution is 5.76. The molecule has 3 aromatic rings. The number of benzene rings is 2. The standard InChI is InChI=1S/C34H46N8O5/c1-22-27(9-6-10-28(22)26-8-5-7-25(15-26)16-36-21-30(35)43)19-38-32-39-20-29(42(45)46)31(41-32)37-17-23-11-13-24(14-12-23)18-40-33(44)47-34(2,3)4/h5-10,15,20,23-24,36H,11-14,16-19,21H2,1-4H3,(H2,35,43)(H,40,44)(H2,37,38,39,41)/t23-,24-. The number of aromatic nitrogens is 2. The number of nitro groups is 1. The van der Waals surface area contributed by atoms with Crippen molar-refractivity contribution >= 4 is 29.5 Å². The number of amides is 2. The predicted molar refractivity (Wildman–Crippen MR) is 182 cm³/mol. The normalized spacial score (nSPS) is 16.3. The first kappa shape index (κ1) is 35.1. The molecule has 0 radical (unpaired) electrons. The Kier molecular flexibility index (Phi) is 12.1. The van der Waals surface area contributed by atoms with Crippen molar-refractivity contribution in [3.05, 3.63) is 75.5 Å². The van der Waals surface area contributed by atoms with Crippen LogP contribution in [0.2, 0.25) is 0 Å². The molecular weight excluding hydrogens is 600 g/mol. The molecule has 2 amide bonds. The minimum Gasteiger partial charge on any atom is -0.444 e. The molecule has 13 nitrogen and oxygen atoms in total. The molecule has 1 fully saturated rings. The number of nitrogens with one attached hydrogen (secondary N) is 4. The van der Waals surface area contributed by atoms with Gasteiger partial charge in [-0.25, -0.2) is 9.78 Å².